The molecule has 162 valence electrons. The summed E-state index contributed by atoms with van der Waals surface area (Å²) < 4.78 is 6.90. The maximum Gasteiger partial charge on any atom is 0.274 e. The molecule has 9 heteroatoms. The van der Waals surface area contributed by atoms with Gasteiger partial charge in [0.15, 0.2) is 10.9 Å². The Kier molecular flexibility index (Phi) is 6.76. The third kappa shape index (κ3) is 4.94. The van der Waals surface area contributed by atoms with Crippen LogP contribution in [0.1, 0.15) is 34.7 Å². The second-order valence-corrected chi connectivity index (χ2v) is 7.86. The second kappa shape index (κ2) is 10.1. The molecule has 4 aromatic rings. The van der Waals surface area contributed by atoms with Gasteiger partial charge < -0.3 is 10.1 Å². The van der Waals surface area contributed by atoms with Crippen molar-refractivity contribution in [1.82, 2.24) is 30.3 Å². The lowest BCUT2D eigenvalue weighted by Gasteiger charge is -2.14. The number of carbonyl (C=O) groups excluding carboxylic acids is 1. The van der Waals surface area contributed by atoms with E-state index in [0.717, 1.165) is 17.0 Å². The number of aromatic nitrogens is 5. The van der Waals surface area contributed by atoms with Crippen LogP contribution < -0.4 is 10.1 Å². The van der Waals surface area contributed by atoms with E-state index in [0.29, 0.717) is 16.6 Å². The Balaban J connectivity index is 1.63. The first-order valence-corrected chi connectivity index (χ1v) is 11.0. The number of nitrogens with zero attached hydrogens (tertiary/aromatic N) is 5. The molecule has 2 aromatic carbocycles. The van der Waals surface area contributed by atoms with E-state index < -0.39 is 0 Å². The number of thioether (sulfide) groups is 1. The van der Waals surface area contributed by atoms with Crippen LogP contribution in [0.25, 0.3) is 5.69 Å². The molecular formula is C23H22N6O2S. The number of hydrogen-bond donors (Lipinski definition) is 1. The predicted octanol–water partition coefficient (Wildman–Crippen LogP) is 3.85. The number of ether oxygens (including phenoxy) is 1. The lowest BCUT2D eigenvalue weighted by atomic mass is 10.1. The third-order valence-corrected chi connectivity index (χ3v) is 5.71. The van der Waals surface area contributed by atoms with E-state index in [1.807, 2.05) is 61.5 Å². The number of nitrogens with one attached hydrogen (secondary N) is 1. The molecule has 0 saturated heterocycles. The molecular weight excluding hydrogens is 424 g/mol. The Labute approximate surface area is 190 Å². The highest BCUT2D eigenvalue weighted by Gasteiger charge is 2.23. The lowest BCUT2D eigenvalue weighted by molar-refractivity contribution is 0.0934. The Morgan fingerprint density at radius 3 is 2.47 bits per heavy atom. The molecule has 0 bridgehead atoms. The maximum absolute atomic E-state index is 13.1. The van der Waals surface area contributed by atoms with Gasteiger partial charge in [-0.2, -0.15) is 0 Å². The maximum atomic E-state index is 13.1. The number of methoxy groups -OCH3 is 1. The van der Waals surface area contributed by atoms with Crippen LogP contribution in [-0.4, -0.2) is 38.0 Å². The normalized spacial score (nSPS) is 11.7. The summed E-state index contributed by atoms with van der Waals surface area (Å²) >= 11 is 1.41. The summed E-state index contributed by atoms with van der Waals surface area (Å²) in [6, 6.07) is 18.8. The molecule has 0 saturated carbocycles. The molecule has 8 nitrogen and oxygen atoms in total. The molecule has 2 heterocycles. The summed E-state index contributed by atoms with van der Waals surface area (Å²) in [5, 5.41) is 12.1. The largest absolute Gasteiger partial charge is 0.497 e. The van der Waals surface area contributed by atoms with Gasteiger partial charge >= 0.3 is 0 Å². The van der Waals surface area contributed by atoms with E-state index in [1.54, 1.807) is 30.3 Å². The van der Waals surface area contributed by atoms with E-state index >= 15 is 0 Å². The molecule has 4 rings (SSSR count). The van der Waals surface area contributed by atoms with Gasteiger partial charge in [0.25, 0.3) is 5.91 Å². The highest BCUT2D eigenvalue weighted by Crippen LogP contribution is 2.24. The molecule has 1 amide bonds. The van der Waals surface area contributed by atoms with Gasteiger partial charge in [-0.25, -0.2) is 14.6 Å². The quantitative estimate of drug-likeness (QED) is 0.324. The van der Waals surface area contributed by atoms with Gasteiger partial charge in [0.1, 0.15) is 5.75 Å². The van der Waals surface area contributed by atoms with Gasteiger partial charge in [-0.3, -0.25) is 4.79 Å². The van der Waals surface area contributed by atoms with E-state index in [1.165, 1.54) is 11.8 Å². The van der Waals surface area contributed by atoms with Crippen LogP contribution in [0.15, 0.2) is 78.2 Å². The second-order valence-electron chi connectivity index (χ2n) is 6.92. The van der Waals surface area contributed by atoms with Crippen LogP contribution in [0.3, 0.4) is 0 Å². The van der Waals surface area contributed by atoms with Crippen molar-refractivity contribution in [3.63, 3.8) is 0 Å². The van der Waals surface area contributed by atoms with Crippen LogP contribution in [0.4, 0.5) is 0 Å². The number of hydrogen-bond acceptors (Lipinski definition) is 7. The number of carbonyl (C=O) groups is 1. The van der Waals surface area contributed by atoms with Crippen LogP contribution in [0.2, 0.25) is 0 Å². The smallest absolute Gasteiger partial charge is 0.274 e. The van der Waals surface area contributed by atoms with Crippen LogP contribution in [-0.2, 0) is 5.75 Å². The van der Waals surface area contributed by atoms with E-state index in [4.69, 9.17) is 4.74 Å². The highest BCUT2D eigenvalue weighted by atomic mass is 32.2. The van der Waals surface area contributed by atoms with E-state index in [-0.39, 0.29) is 17.6 Å². The van der Waals surface area contributed by atoms with Gasteiger partial charge in [0, 0.05) is 18.1 Å². The van der Waals surface area contributed by atoms with Gasteiger partial charge in [-0.05, 0) is 42.8 Å². The number of benzene rings is 2. The van der Waals surface area contributed by atoms with Gasteiger partial charge in [-0.15, -0.1) is 5.10 Å². The lowest BCUT2D eigenvalue weighted by Crippen LogP contribution is -2.28. The Hall–Kier alpha value is -3.72. The fourth-order valence-corrected chi connectivity index (χ4v) is 3.92. The molecule has 0 radical (unpaired) electrons. The Morgan fingerprint density at radius 1 is 1.06 bits per heavy atom. The van der Waals surface area contributed by atoms with Gasteiger partial charge in [0.05, 0.1) is 24.5 Å². The summed E-state index contributed by atoms with van der Waals surface area (Å²) in [7, 11) is 1.61. The first kappa shape index (κ1) is 21.5. The Bertz CT molecular complexity index is 1170. The third-order valence-electron chi connectivity index (χ3n) is 4.82. The highest BCUT2D eigenvalue weighted by molar-refractivity contribution is 7.98. The van der Waals surface area contributed by atoms with Gasteiger partial charge in [0.2, 0.25) is 0 Å². The molecule has 0 aliphatic rings. The molecule has 1 N–H and O–H groups in total. The van der Waals surface area contributed by atoms with Crippen molar-refractivity contribution in [3.05, 3.63) is 90.0 Å². The molecule has 0 spiro atoms. The number of rotatable bonds is 8. The van der Waals surface area contributed by atoms with Crippen molar-refractivity contribution in [3.8, 4) is 11.4 Å². The molecule has 1 unspecified atom stereocenters. The average Bonchev–Trinajstić information content (AvgIpc) is 3.28. The zero-order chi connectivity index (χ0) is 22.3. The summed E-state index contributed by atoms with van der Waals surface area (Å²) in [6.45, 7) is 1.94. The zero-order valence-electron chi connectivity index (χ0n) is 17.7. The molecule has 0 fully saturated rings. The monoisotopic (exact) mass is 446 g/mol. The number of amides is 1. The average molecular weight is 447 g/mol. The summed E-state index contributed by atoms with van der Waals surface area (Å²) in [6.07, 6.45) is 3.37. The summed E-state index contributed by atoms with van der Waals surface area (Å²) in [5.74, 6) is 0.869. The summed E-state index contributed by atoms with van der Waals surface area (Å²) in [5.41, 5.74) is 2.72. The molecule has 2 aromatic heterocycles. The first-order chi connectivity index (χ1) is 15.7. The zero-order valence-corrected chi connectivity index (χ0v) is 18.5. The fraction of sp³-hybridized carbons (Fsp3) is 0.174. The van der Waals surface area contributed by atoms with Crippen molar-refractivity contribution >= 4 is 17.7 Å². The van der Waals surface area contributed by atoms with Crippen LogP contribution >= 0.6 is 11.8 Å². The molecule has 0 aliphatic carbocycles. The first-order valence-electron chi connectivity index (χ1n) is 10.0. The standard InChI is InChI=1S/C23H22N6O2S/c1-16(17-7-4-3-5-8-17)26-22(30)21-20(15-32-23-24-13-6-14-25-23)29(28-27-21)18-9-11-19(31-2)12-10-18/h3-14,16H,15H2,1-2H3,(H,26,30). The summed E-state index contributed by atoms with van der Waals surface area (Å²) in [4.78, 5) is 21.6. The van der Waals surface area contributed by atoms with Crippen molar-refractivity contribution in [1.29, 1.82) is 0 Å². The molecule has 32 heavy (non-hydrogen) atoms. The topological polar surface area (TPSA) is 94.8 Å². The molecule has 1 atom stereocenters. The van der Waals surface area contributed by atoms with E-state index in [9.17, 15) is 4.79 Å². The fourth-order valence-electron chi connectivity index (χ4n) is 3.12. The predicted molar refractivity (Wildman–Crippen MR) is 122 cm³/mol. The molecule has 0 aliphatic heterocycles. The van der Waals surface area contributed by atoms with Crippen molar-refractivity contribution in [2.24, 2.45) is 0 Å². The van der Waals surface area contributed by atoms with E-state index in [2.05, 4.69) is 25.6 Å². The Morgan fingerprint density at radius 2 is 1.78 bits per heavy atom. The minimum atomic E-state index is -0.286. The van der Waals surface area contributed by atoms with Crippen molar-refractivity contribution in [2.45, 2.75) is 23.9 Å². The van der Waals surface area contributed by atoms with Crippen molar-refractivity contribution in [2.75, 3.05) is 7.11 Å². The van der Waals surface area contributed by atoms with Crippen LogP contribution in [0.5, 0.6) is 5.75 Å². The van der Waals surface area contributed by atoms with Crippen LogP contribution in [0, 0.1) is 0 Å². The SMILES string of the molecule is COc1ccc(-n2nnc(C(=O)NC(C)c3ccccc3)c2CSc2ncccn2)cc1. The van der Waals surface area contributed by atoms with Gasteiger partial charge in [-0.1, -0.05) is 47.3 Å². The van der Waals surface area contributed by atoms with Crippen molar-refractivity contribution < 1.29 is 9.53 Å². The minimum Gasteiger partial charge on any atom is -0.497 e. The minimum absolute atomic E-state index is 0.173.